The van der Waals surface area contributed by atoms with Crippen LogP contribution >= 0.6 is 0 Å². The highest BCUT2D eigenvalue weighted by Crippen LogP contribution is 2.12. The van der Waals surface area contributed by atoms with Crippen LogP contribution in [0.5, 0.6) is 0 Å². The largest absolute Gasteiger partial charge is 0.327 e. The number of hydrogen-bond acceptors (Lipinski definition) is 3. The van der Waals surface area contributed by atoms with Crippen LogP contribution < -0.4 is 5.73 Å². The molecule has 0 aromatic carbocycles. The SMILES string of the molecule is CC(N)CS(=O)(=O)C(C)C(C)C. The molecule has 0 heterocycles. The summed E-state index contributed by atoms with van der Waals surface area (Å²) in [6, 6.07) is -0.267. The molecule has 0 fully saturated rings. The smallest absolute Gasteiger partial charge is 0.154 e. The van der Waals surface area contributed by atoms with Gasteiger partial charge in [0.15, 0.2) is 9.84 Å². The number of sulfone groups is 1. The second kappa shape index (κ2) is 4.23. The van der Waals surface area contributed by atoms with Crippen LogP contribution in [-0.2, 0) is 9.84 Å². The van der Waals surface area contributed by atoms with Gasteiger partial charge >= 0.3 is 0 Å². The monoisotopic (exact) mass is 193 g/mol. The van der Waals surface area contributed by atoms with Gasteiger partial charge in [0.2, 0.25) is 0 Å². The molecule has 0 aliphatic rings. The van der Waals surface area contributed by atoms with Crippen molar-refractivity contribution in [3.8, 4) is 0 Å². The number of rotatable bonds is 4. The van der Waals surface area contributed by atoms with Crippen molar-refractivity contribution in [1.29, 1.82) is 0 Å². The zero-order valence-corrected chi connectivity index (χ0v) is 9.06. The Morgan fingerprint density at radius 2 is 1.58 bits per heavy atom. The van der Waals surface area contributed by atoms with E-state index in [-0.39, 0.29) is 23.0 Å². The van der Waals surface area contributed by atoms with Crippen molar-refractivity contribution in [2.24, 2.45) is 11.7 Å². The van der Waals surface area contributed by atoms with E-state index in [0.29, 0.717) is 0 Å². The Hall–Kier alpha value is -0.0900. The van der Waals surface area contributed by atoms with Crippen LogP contribution in [0.15, 0.2) is 0 Å². The summed E-state index contributed by atoms with van der Waals surface area (Å²) in [7, 11) is -2.98. The van der Waals surface area contributed by atoms with Crippen molar-refractivity contribution in [1.82, 2.24) is 0 Å². The zero-order chi connectivity index (χ0) is 9.94. The van der Waals surface area contributed by atoms with E-state index in [2.05, 4.69) is 0 Å². The van der Waals surface area contributed by atoms with Gasteiger partial charge in [-0.15, -0.1) is 0 Å². The lowest BCUT2D eigenvalue weighted by molar-refractivity contribution is 0.541. The molecule has 0 aromatic rings. The number of nitrogens with two attached hydrogens (primary N) is 1. The van der Waals surface area contributed by atoms with Crippen molar-refractivity contribution in [3.63, 3.8) is 0 Å². The molecule has 0 saturated heterocycles. The predicted octanol–water partition coefficient (Wildman–Crippen LogP) is 0.793. The first-order chi connectivity index (χ1) is 5.27. The zero-order valence-electron chi connectivity index (χ0n) is 8.24. The molecular weight excluding hydrogens is 174 g/mol. The average molecular weight is 193 g/mol. The van der Waals surface area contributed by atoms with Crippen molar-refractivity contribution in [2.75, 3.05) is 5.75 Å². The van der Waals surface area contributed by atoms with E-state index in [1.807, 2.05) is 13.8 Å². The van der Waals surface area contributed by atoms with Gasteiger partial charge in [0.1, 0.15) is 0 Å². The van der Waals surface area contributed by atoms with E-state index in [9.17, 15) is 8.42 Å². The van der Waals surface area contributed by atoms with Crippen LogP contribution in [0.1, 0.15) is 27.7 Å². The molecular formula is C8H19NO2S. The summed E-state index contributed by atoms with van der Waals surface area (Å²) in [4.78, 5) is 0. The van der Waals surface area contributed by atoms with Crippen LogP contribution in [0.2, 0.25) is 0 Å². The van der Waals surface area contributed by atoms with Gasteiger partial charge in [-0.2, -0.15) is 0 Å². The maximum Gasteiger partial charge on any atom is 0.154 e. The van der Waals surface area contributed by atoms with E-state index in [1.54, 1.807) is 13.8 Å². The van der Waals surface area contributed by atoms with E-state index in [4.69, 9.17) is 5.73 Å². The first-order valence-electron chi connectivity index (χ1n) is 4.24. The summed E-state index contributed by atoms with van der Waals surface area (Å²) in [6.07, 6.45) is 0. The fraction of sp³-hybridized carbons (Fsp3) is 1.00. The normalized spacial score (nSPS) is 17.8. The molecule has 74 valence electrons. The topological polar surface area (TPSA) is 60.2 Å². The molecule has 4 heteroatoms. The summed E-state index contributed by atoms with van der Waals surface area (Å²) in [5.41, 5.74) is 5.44. The highest BCUT2D eigenvalue weighted by Gasteiger charge is 2.24. The summed E-state index contributed by atoms with van der Waals surface area (Å²) >= 11 is 0. The van der Waals surface area contributed by atoms with Gasteiger partial charge in [-0.25, -0.2) is 8.42 Å². The molecule has 2 atom stereocenters. The van der Waals surface area contributed by atoms with Crippen LogP contribution in [0.3, 0.4) is 0 Å². The van der Waals surface area contributed by atoms with Gasteiger partial charge in [-0.05, 0) is 19.8 Å². The van der Waals surface area contributed by atoms with E-state index in [0.717, 1.165) is 0 Å². The molecule has 2 unspecified atom stereocenters. The number of hydrogen-bond donors (Lipinski definition) is 1. The lowest BCUT2D eigenvalue weighted by atomic mass is 10.2. The van der Waals surface area contributed by atoms with Crippen LogP contribution in [-0.4, -0.2) is 25.5 Å². The van der Waals surface area contributed by atoms with E-state index in [1.165, 1.54) is 0 Å². The first-order valence-corrected chi connectivity index (χ1v) is 5.96. The Labute approximate surface area is 75.3 Å². The molecule has 2 N–H and O–H groups in total. The lowest BCUT2D eigenvalue weighted by Crippen LogP contribution is -2.34. The Morgan fingerprint density at radius 3 is 1.83 bits per heavy atom. The quantitative estimate of drug-likeness (QED) is 0.718. The van der Waals surface area contributed by atoms with Gasteiger partial charge in [0.25, 0.3) is 0 Å². The van der Waals surface area contributed by atoms with Crippen molar-refractivity contribution >= 4 is 9.84 Å². The summed E-state index contributed by atoms with van der Waals surface area (Å²) in [6.45, 7) is 7.26. The van der Waals surface area contributed by atoms with Gasteiger partial charge < -0.3 is 5.73 Å². The Kier molecular flexibility index (Phi) is 4.20. The third kappa shape index (κ3) is 3.54. The molecule has 0 saturated carbocycles. The molecule has 3 nitrogen and oxygen atoms in total. The fourth-order valence-corrected chi connectivity index (χ4v) is 2.80. The van der Waals surface area contributed by atoms with Crippen molar-refractivity contribution < 1.29 is 8.42 Å². The fourth-order valence-electron chi connectivity index (χ4n) is 0.933. The molecule has 0 radical (unpaired) electrons. The maximum atomic E-state index is 11.5. The molecule has 0 bridgehead atoms. The van der Waals surface area contributed by atoms with Crippen molar-refractivity contribution in [2.45, 2.75) is 39.0 Å². The summed E-state index contributed by atoms with van der Waals surface area (Å²) in [5.74, 6) is 0.251. The third-order valence-corrected chi connectivity index (χ3v) is 4.67. The van der Waals surface area contributed by atoms with Gasteiger partial charge in [-0.1, -0.05) is 13.8 Å². The highest BCUT2D eigenvalue weighted by atomic mass is 32.2. The Morgan fingerprint density at radius 1 is 1.17 bits per heavy atom. The standard InChI is InChI=1S/C8H19NO2S/c1-6(2)8(4)12(10,11)5-7(3)9/h6-8H,5,9H2,1-4H3. The predicted molar refractivity (Wildman–Crippen MR) is 51.7 cm³/mol. The first kappa shape index (κ1) is 11.9. The van der Waals surface area contributed by atoms with Gasteiger partial charge in [0, 0.05) is 6.04 Å². The van der Waals surface area contributed by atoms with E-state index >= 15 is 0 Å². The van der Waals surface area contributed by atoms with Crippen LogP contribution in [0, 0.1) is 5.92 Å². The minimum atomic E-state index is -2.98. The average Bonchev–Trinajstić information content (AvgIpc) is 1.82. The lowest BCUT2D eigenvalue weighted by Gasteiger charge is -2.17. The minimum Gasteiger partial charge on any atom is -0.327 e. The van der Waals surface area contributed by atoms with Crippen LogP contribution in [0.4, 0.5) is 0 Å². The second-order valence-electron chi connectivity index (χ2n) is 3.76. The Bertz CT molecular complexity index is 219. The molecule has 0 aromatic heterocycles. The van der Waals surface area contributed by atoms with Gasteiger partial charge in [0.05, 0.1) is 11.0 Å². The van der Waals surface area contributed by atoms with E-state index < -0.39 is 9.84 Å². The van der Waals surface area contributed by atoms with Crippen molar-refractivity contribution in [3.05, 3.63) is 0 Å². The molecule has 0 aliphatic carbocycles. The van der Waals surface area contributed by atoms with Gasteiger partial charge in [-0.3, -0.25) is 0 Å². The molecule has 0 amide bonds. The Balaban J connectivity index is 4.41. The molecule has 0 aliphatic heterocycles. The molecule has 12 heavy (non-hydrogen) atoms. The molecule has 0 spiro atoms. The maximum absolute atomic E-state index is 11.5. The minimum absolute atomic E-state index is 0.0896. The van der Waals surface area contributed by atoms with Crippen LogP contribution in [0.25, 0.3) is 0 Å². The highest BCUT2D eigenvalue weighted by molar-refractivity contribution is 7.92. The summed E-state index contributed by atoms with van der Waals surface area (Å²) < 4.78 is 23.0. The summed E-state index contributed by atoms with van der Waals surface area (Å²) in [5, 5.41) is -0.288. The third-order valence-electron chi connectivity index (χ3n) is 2.00. The second-order valence-corrected chi connectivity index (χ2v) is 6.16. The molecule has 0 rings (SSSR count).